The Morgan fingerprint density at radius 1 is 1.56 bits per heavy atom. The summed E-state index contributed by atoms with van der Waals surface area (Å²) in [7, 11) is 0. The third kappa shape index (κ3) is 3.28. The lowest BCUT2D eigenvalue weighted by Crippen LogP contribution is -2.09. The van der Waals surface area contributed by atoms with Crippen LogP contribution in [0.25, 0.3) is 0 Å². The molecule has 0 aromatic rings. The first-order valence-electron chi connectivity index (χ1n) is 2.25. The zero-order valence-corrected chi connectivity index (χ0v) is 4.92. The molecule has 0 rings (SSSR count). The van der Waals surface area contributed by atoms with Crippen molar-refractivity contribution in [1.82, 2.24) is 0 Å². The van der Waals surface area contributed by atoms with Gasteiger partial charge in [0.2, 0.25) is 5.91 Å². The van der Waals surface area contributed by atoms with Gasteiger partial charge in [0.05, 0.1) is 0 Å². The lowest BCUT2D eigenvalue weighted by Gasteiger charge is -1.87. The van der Waals surface area contributed by atoms with Crippen LogP contribution in [0.4, 0.5) is 0 Å². The molecule has 0 aliphatic carbocycles. The van der Waals surface area contributed by atoms with Gasteiger partial charge in [0.1, 0.15) is 0 Å². The van der Waals surface area contributed by atoms with Gasteiger partial charge < -0.3 is 10.8 Å². The second-order valence-electron chi connectivity index (χ2n) is 1.53. The first-order chi connectivity index (χ1) is 4.04. The van der Waals surface area contributed by atoms with E-state index in [4.69, 9.17) is 5.11 Å². The van der Waals surface area contributed by atoms with Crippen molar-refractivity contribution in [3.8, 4) is 0 Å². The van der Waals surface area contributed by atoms with Gasteiger partial charge in [0.25, 0.3) is 0 Å². The number of nitrogens with two attached hydrogens (primary N) is 1. The van der Waals surface area contributed by atoms with Gasteiger partial charge in [-0.3, -0.25) is 4.79 Å². The maximum absolute atomic E-state index is 10.00. The number of carboxylic acid groups (broad SMARTS) is 1. The maximum Gasteiger partial charge on any atom is 0.331 e. The van der Waals surface area contributed by atoms with Crippen LogP contribution >= 0.6 is 0 Å². The molecule has 1 amide bonds. The molecular weight excluding hydrogens is 122 g/mol. The van der Waals surface area contributed by atoms with Crippen molar-refractivity contribution in [2.45, 2.75) is 6.92 Å². The van der Waals surface area contributed by atoms with E-state index in [1.807, 2.05) is 0 Å². The monoisotopic (exact) mass is 129 g/mol. The van der Waals surface area contributed by atoms with E-state index in [0.29, 0.717) is 0 Å². The van der Waals surface area contributed by atoms with Crippen molar-refractivity contribution >= 4 is 11.9 Å². The summed E-state index contributed by atoms with van der Waals surface area (Å²) in [5, 5.41) is 8.15. The van der Waals surface area contributed by atoms with Crippen LogP contribution in [0.2, 0.25) is 0 Å². The quantitative estimate of drug-likeness (QED) is 0.493. The fourth-order valence-electron chi connectivity index (χ4n) is 0.275. The molecule has 9 heavy (non-hydrogen) atoms. The Bertz CT molecular complexity index is 171. The van der Waals surface area contributed by atoms with Crippen LogP contribution in [-0.2, 0) is 9.59 Å². The molecule has 4 heteroatoms. The fraction of sp³-hybridized carbons (Fsp3) is 0.200. The van der Waals surface area contributed by atoms with Gasteiger partial charge >= 0.3 is 5.97 Å². The second kappa shape index (κ2) is 2.86. The summed E-state index contributed by atoms with van der Waals surface area (Å²) >= 11 is 0. The zero-order valence-electron chi connectivity index (χ0n) is 4.92. The van der Waals surface area contributed by atoms with Crippen molar-refractivity contribution in [3.63, 3.8) is 0 Å². The van der Waals surface area contributed by atoms with Crippen LogP contribution in [0.1, 0.15) is 6.92 Å². The minimum atomic E-state index is -1.13. The van der Waals surface area contributed by atoms with Crippen molar-refractivity contribution in [3.05, 3.63) is 11.6 Å². The molecule has 50 valence electrons. The molecule has 0 saturated heterocycles. The van der Waals surface area contributed by atoms with Crippen LogP contribution in [0.5, 0.6) is 0 Å². The summed E-state index contributed by atoms with van der Waals surface area (Å²) in [5.41, 5.74) is 4.60. The van der Waals surface area contributed by atoms with Crippen molar-refractivity contribution in [2.75, 3.05) is 0 Å². The normalized spacial score (nSPS) is 11.0. The molecule has 0 fully saturated rings. The number of hydrogen-bond donors (Lipinski definition) is 2. The van der Waals surface area contributed by atoms with Crippen LogP contribution < -0.4 is 5.73 Å². The molecule has 0 aliphatic rings. The molecule has 0 spiro atoms. The summed E-state index contributed by atoms with van der Waals surface area (Å²) < 4.78 is 0. The molecule has 3 N–H and O–H groups in total. The van der Waals surface area contributed by atoms with Gasteiger partial charge in [-0.15, -0.1) is 0 Å². The fourth-order valence-corrected chi connectivity index (χ4v) is 0.275. The summed E-state index contributed by atoms with van der Waals surface area (Å²) in [6, 6.07) is 0. The van der Waals surface area contributed by atoms with Crippen molar-refractivity contribution in [2.24, 2.45) is 5.73 Å². The Labute approximate surface area is 52.0 Å². The number of primary amides is 1. The standard InChI is InChI=1S/C5H7NO3/c1-3(5(8)9)2-4(6)7/h2H,1H3,(H2,6,7)(H,8,9)/b3-2-. The van der Waals surface area contributed by atoms with Gasteiger partial charge in [-0.1, -0.05) is 0 Å². The van der Waals surface area contributed by atoms with Gasteiger partial charge in [0, 0.05) is 11.6 Å². The number of carbonyl (C=O) groups is 2. The maximum atomic E-state index is 10.00. The van der Waals surface area contributed by atoms with Gasteiger partial charge in [-0.2, -0.15) is 0 Å². The van der Waals surface area contributed by atoms with Crippen LogP contribution in [0.3, 0.4) is 0 Å². The molecule has 0 atom stereocenters. The van der Waals surface area contributed by atoms with E-state index >= 15 is 0 Å². The van der Waals surface area contributed by atoms with E-state index in [0.717, 1.165) is 6.08 Å². The molecule has 0 aromatic carbocycles. The Morgan fingerprint density at radius 2 is 2.00 bits per heavy atom. The molecule has 0 radical (unpaired) electrons. The molecule has 0 aromatic heterocycles. The number of hydrogen-bond acceptors (Lipinski definition) is 2. The second-order valence-corrected chi connectivity index (χ2v) is 1.53. The van der Waals surface area contributed by atoms with E-state index < -0.39 is 11.9 Å². The van der Waals surface area contributed by atoms with E-state index in [2.05, 4.69) is 5.73 Å². The highest BCUT2D eigenvalue weighted by Crippen LogP contribution is 1.88. The van der Waals surface area contributed by atoms with E-state index in [-0.39, 0.29) is 5.57 Å². The SMILES string of the molecule is C/C(=C/C(N)=O)C(=O)O. The van der Waals surface area contributed by atoms with Crippen molar-refractivity contribution < 1.29 is 14.7 Å². The molecule has 0 unspecified atom stereocenters. The molecule has 4 nitrogen and oxygen atoms in total. The summed E-state index contributed by atoms with van der Waals surface area (Å²) in [4.78, 5) is 20.0. The summed E-state index contributed by atoms with van der Waals surface area (Å²) in [6.07, 6.45) is 0.863. The number of amides is 1. The smallest absolute Gasteiger partial charge is 0.331 e. The Morgan fingerprint density at radius 3 is 2.11 bits per heavy atom. The number of carboxylic acids is 1. The topological polar surface area (TPSA) is 80.4 Å². The number of aliphatic carboxylic acids is 1. The highest BCUT2D eigenvalue weighted by Gasteiger charge is 1.99. The van der Waals surface area contributed by atoms with Gasteiger partial charge in [0.15, 0.2) is 0 Å². The largest absolute Gasteiger partial charge is 0.478 e. The number of rotatable bonds is 2. The van der Waals surface area contributed by atoms with Gasteiger partial charge in [-0.25, -0.2) is 4.79 Å². The first kappa shape index (κ1) is 7.68. The van der Waals surface area contributed by atoms with Gasteiger partial charge in [-0.05, 0) is 6.92 Å². The third-order valence-electron chi connectivity index (χ3n) is 0.696. The average molecular weight is 129 g/mol. The van der Waals surface area contributed by atoms with Crippen molar-refractivity contribution in [1.29, 1.82) is 0 Å². The molecule has 0 saturated carbocycles. The summed E-state index contributed by atoms with van der Waals surface area (Å²) in [6.45, 7) is 1.30. The highest BCUT2D eigenvalue weighted by atomic mass is 16.4. The van der Waals surface area contributed by atoms with E-state index in [9.17, 15) is 9.59 Å². The number of carbonyl (C=O) groups excluding carboxylic acids is 1. The highest BCUT2D eigenvalue weighted by molar-refractivity contribution is 5.96. The lowest BCUT2D eigenvalue weighted by molar-refractivity contribution is -0.132. The molecular formula is C5H7NO3. The van der Waals surface area contributed by atoms with E-state index in [1.54, 1.807) is 0 Å². The Hall–Kier alpha value is -1.32. The zero-order chi connectivity index (χ0) is 7.44. The third-order valence-corrected chi connectivity index (χ3v) is 0.696. The minimum absolute atomic E-state index is 0.0532. The minimum Gasteiger partial charge on any atom is -0.478 e. The van der Waals surface area contributed by atoms with E-state index in [1.165, 1.54) is 6.92 Å². The predicted molar refractivity (Wildman–Crippen MR) is 30.6 cm³/mol. The average Bonchev–Trinajstić information content (AvgIpc) is 1.63. The molecule has 0 bridgehead atoms. The molecule has 0 aliphatic heterocycles. The Balaban J connectivity index is 4.17. The predicted octanol–water partition coefficient (Wildman–Crippen LogP) is -0.497. The Kier molecular flexibility index (Phi) is 2.44. The summed E-state index contributed by atoms with van der Waals surface area (Å²) in [5.74, 6) is -1.87. The van der Waals surface area contributed by atoms with Crippen LogP contribution in [-0.4, -0.2) is 17.0 Å². The van der Waals surface area contributed by atoms with Crippen LogP contribution in [0.15, 0.2) is 11.6 Å². The lowest BCUT2D eigenvalue weighted by atomic mass is 10.3. The van der Waals surface area contributed by atoms with Crippen LogP contribution in [0, 0.1) is 0 Å². The molecule has 0 heterocycles. The first-order valence-corrected chi connectivity index (χ1v) is 2.25.